The van der Waals surface area contributed by atoms with E-state index in [1.165, 1.54) is 0 Å². The lowest BCUT2D eigenvalue weighted by Gasteiger charge is -2.04. The molecule has 2 aromatic carbocycles. The van der Waals surface area contributed by atoms with Gasteiger partial charge in [-0.3, -0.25) is 0 Å². The summed E-state index contributed by atoms with van der Waals surface area (Å²) in [6, 6.07) is 18.1. The minimum absolute atomic E-state index is 0.770. The van der Waals surface area contributed by atoms with Crippen molar-refractivity contribution in [2.45, 2.75) is 6.92 Å². The van der Waals surface area contributed by atoms with Crippen molar-refractivity contribution in [3.05, 3.63) is 65.7 Å². The molecule has 4 rings (SSSR count). The van der Waals surface area contributed by atoms with Crippen molar-refractivity contribution < 1.29 is 4.68 Å². The van der Waals surface area contributed by atoms with Gasteiger partial charge in [-0.15, -0.1) is 16.0 Å². The number of nitrogens with zero attached hydrogens (tertiary/aromatic N) is 4. The minimum atomic E-state index is 0.770. The van der Waals surface area contributed by atoms with Crippen LogP contribution >= 0.6 is 11.3 Å². The van der Waals surface area contributed by atoms with E-state index in [0.29, 0.717) is 0 Å². The first-order valence-electron chi connectivity index (χ1n) is 7.23. The van der Waals surface area contributed by atoms with Crippen LogP contribution in [0.2, 0.25) is 0 Å². The number of tetrazole rings is 1. The number of nitrogens with one attached hydrogen (secondary N) is 1. The molecule has 0 unspecified atom stereocenters. The highest BCUT2D eigenvalue weighted by Crippen LogP contribution is 2.27. The summed E-state index contributed by atoms with van der Waals surface area (Å²) in [5.41, 5.74) is 4.06. The Bertz CT molecular complexity index is 942. The highest BCUT2D eigenvalue weighted by atomic mass is 32.1. The lowest BCUT2D eigenvalue weighted by atomic mass is 10.1. The van der Waals surface area contributed by atoms with Gasteiger partial charge in [-0.2, -0.15) is 0 Å². The third-order valence-electron chi connectivity index (χ3n) is 3.53. The van der Waals surface area contributed by atoms with Crippen LogP contribution in [0.5, 0.6) is 0 Å². The molecular weight excluding hydrogens is 306 g/mol. The van der Waals surface area contributed by atoms with Crippen molar-refractivity contribution >= 4 is 11.3 Å². The maximum absolute atomic E-state index is 4.60. The molecule has 0 aliphatic heterocycles. The van der Waals surface area contributed by atoms with Crippen LogP contribution in [-0.4, -0.2) is 20.5 Å². The lowest BCUT2D eigenvalue weighted by molar-refractivity contribution is -0.649. The smallest absolute Gasteiger partial charge is 0.241 e. The predicted octanol–water partition coefficient (Wildman–Crippen LogP) is 3.18. The zero-order chi connectivity index (χ0) is 15.6. The summed E-state index contributed by atoms with van der Waals surface area (Å²) < 4.78 is 1.89. The van der Waals surface area contributed by atoms with Gasteiger partial charge in [0.2, 0.25) is 0 Å². The SMILES string of the molecule is Cc1csc(-c2ccccc2-[n+]2[nH]nnc2-c2ccccc2)n1. The van der Waals surface area contributed by atoms with Crippen LogP contribution in [0.4, 0.5) is 0 Å². The van der Waals surface area contributed by atoms with Gasteiger partial charge in [-0.1, -0.05) is 35.5 Å². The normalized spacial score (nSPS) is 10.8. The largest absolute Gasteiger partial charge is 0.337 e. The molecule has 5 nitrogen and oxygen atoms in total. The first-order chi connectivity index (χ1) is 11.3. The highest BCUT2D eigenvalue weighted by molar-refractivity contribution is 7.13. The van der Waals surface area contributed by atoms with Crippen molar-refractivity contribution in [1.29, 1.82) is 0 Å². The van der Waals surface area contributed by atoms with Crippen LogP contribution in [0.15, 0.2) is 60.0 Å². The number of aromatic amines is 1. The van der Waals surface area contributed by atoms with Gasteiger partial charge >= 0.3 is 5.82 Å². The number of hydrogen-bond donors (Lipinski definition) is 1. The van der Waals surface area contributed by atoms with Crippen molar-refractivity contribution in [2.24, 2.45) is 0 Å². The van der Waals surface area contributed by atoms with Gasteiger partial charge < -0.3 is 0 Å². The maximum atomic E-state index is 4.60. The van der Waals surface area contributed by atoms with E-state index in [2.05, 4.69) is 32.0 Å². The average molecular weight is 320 g/mol. The Balaban J connectivity index is 1.89. The Labute approximate surface area is 137 Å². The summed E-state index contributed by atoms with van der Waals surface area (Å²) in [5.74, 6) is 0.770. The van der Waals surface area contributed by atoms with Gasteiger partial charge in [0, 0.05) is 11.1 Å². The molecule has 0 atom stereocenters. The molecule has 0 bridgehead atoms. The molecule has 112 valence electrons. The molecule has 0 spiro atoms. The van der Waals surface area contributed by atoms with Gasteiger partial charge in [0.25, 0.3) is 0 Å². The maximum Gasteiger partial charge on any atom is 0.337 e. The first kappa shape index (κ1) is 13.8. The number of benzene rings is 2. The molecule has 0 aliphatic rings. The Hall–Kier alpha value is -2.86. The lowest BCUT2D eigenvalue weighted by Crippen LogP contribution is -2.35. The third kappa shape index (κ3) is 2.53. The van der Waals surface area contributed by atoms with Crippen molar-refractivity contribution in [3.63, 3.8) is 0 Å². The molecule has 0 amide bonds. The summed E-state index contributed by atoms with van der Waals surface area (Å²) >= 11 is 1.64. The van der Waals surface area contributed by atoms with E-state index in [1.54, 1.807) is 11.3 Å². The summed E-state index contributed by atoms with van der Waals surface area (Å²) in [4.78, 5) is 4.60. The monoisotopic (exact) mass is 320 g/mol. The quantitative estimate of drug-likeness (QED) is 0.590. The Morgan fingerprint density at radius 3 is 2.57 bits per heavy atom. The standard InChI is InChI=1S/C17H13N5S/c1-12-11-23-17(18-12)14-9-5-6-10-15(14)22-16(19-20-21-22)13-7-3-2-4-8-13/h2-11H,1H3/p+1. The van der Waals surface area contributed by atoms with Crippen LogP contribution < -0.4 is 4.68 Å². The van der Waals surface area contributed by atoms with Crippen molar-refractivity contribution in [3.8, 4) is 27.6 Å². The van der Waals surface area contributed by atoms with E-state index in [1.807, 2.05) is 60.1 Å². The summed E-state index contributed by atoms with van der Waals surface area (Å²) in [6.07, 6.45) is 0. The zero-order valence-electron chi connectivity index (χ0n) is 12.5. The second kappa shape index (κ2) is 5.73. The van der Waals surface area contributed by atoms with E-state index < -0.39 is 0 Å². The molecule has 0 saturated carbocycles. The molecular formula is C17H14N5S+. The van der Waals surface area contributed by atoms with Crippen LogP contribution in [0.25, 0.3) is 27.6 Å². The Morgan fingerprint density at radius 1 is 1.00 bits per heavy atom. The summed E-state index contributed by atoms with van der Waals surface area (Å²) in [7, 11) is 0. The number of aromatic nitrogens is 5. The fraction of sp³-hybridized carbons (Fsp3) is 0.0588. The molecule has 2 heterocycles. The van der Waals surface area contributed by atoms with Crippen LogP contribution in [-0.2, 0) is 0 Å². The van der Waals surface area contributed by atoms with E-state index in [-0.39, 0.29) is 0 Å². The topological polar surface area (TPSA) is 58.3 Å². The first-order valence-corrected chi connectivity index (χ1v) is 8.11. The molecule has 0 aliphatic carbocycles. The molecule has 6 heteroatoms. The third-order valence-corrected chi connectivity index (χ3v) is 4.52. The molecule has 2 aromatic heterocycles. The average Bonchev–Trinajstić information content (AvgIpc) is 3.24. The summed E-state index contributed by atoms with van der Waals surface area (Å²) in [5, 5.41) is 14.2. The predicted molar refractivity (Wildman–Crippen MR) is 89.2 cm³/mol. The number of aryl methyl sites for hydroxylation is 1. The van der Waals surface area contributed by atoms with Crippen LogP contribution in [0.3, 0.4) is 0 Å². The Kier molecular flexibility index (Phi) is 3.44. The van der Waals surface area contributed by atoms with Crippen molar-refractivity contribution in [2.75, 3.05) is 0 Å². The molecule has 0 saturated heterocycles. The fourth-order valence-electron chi connectivity index (χ4n) is 2.48. The Morgan fingerprint density at radius 2 is 1.78 bits per heavy atom. The van der Waals surface area contributed by atoms with Crippen LogP contribution in [0, 0.1) is 6.92 Å². The van der Waals surface area contributed by atoms with Gasteiger partial charge in [-0.05, 0) is 31.2 Å². The summed E-state index contributed by atoms with van der Waals surface area (Å²) in [6.45, 7) is 2.00. The molecule has 4 aromatic rings. The molecule has 0 radical (unpaired) electrons. The van der Waals surface area contributed by atoms with E-state index in [0.717, 1.165) is 33.3 Å². The zero-order valence-corrected chi connectivity index (χ0v) is 13.3. The van der Waals surface area contributed by atoms with E-state index in [9.17, 15) is 0 Å². The minimum Gasteiger partial charge on any atom is -0.241 e. The van der Waals surface area contributed by atoms with E-state index >= 15 is 0 Å². The van der Waals surface area contributed by atoms with Crippen molar-refractivity contribution in [1.82, 2.24) is 20.5 Å². The number of thiazole rings is 1. The second-order valence-electron chi connectivity index (χ2n) is 5.14. The van der Waals surface area contributed by atoms with Gasteiger partial charge in [0.1, 0.15) is 15.8 Å². The number of rotatable bonds is 3. The van der Waals surface area contributed by atoms with Crippen LogP contribution in [0.1, 0.15) is 5.69 Å². The number of H-pyrrole nitrogens is 1. The van der Waals surface area contributed by atoms with E-state index in [4.69, 9.17) is 0 Å². The van der Waals surface area contributed by atoms with Gasteiger partial charge in [0.15, 0.2) is 5.21 Å². The van der Waals surface area contributed by atoms with Gasteiger partial charge in [0.05, 0.1) is 11.1 Å². The molecule has 0 fully saturated rings. The molecule has 23 heavy (non-hydrogen) atoms. The number of hydrogen-bond acceptors (Lipinski definition) is 4. The fourth-order valence-corrected chi connectivity index (χ4v) is 3.31. The van der Waals surface area contributed by atoms with Gasteiger partial charge in [-0.25, -0.2) is 4.98 Å². The highest BCUT2D eigenvalue weighted by Gasteiger charge is 2.22. The molecule has 1 N–H and O–H groups in total. The number of para-hydroxylation sites is 1. The second-order valence-corrected chi connectivity index (χ2v) is 5.99.